The van der Waals surface area contributed by atoms with Gasteiger partial charge < -0.3 is 14.7 Å². The number of aromatic nitrogens is 3. The van der Waals surface area contributed by atoms with Gasteiger partial charge in [-0.2, -0.15) is 5.10 Å². The van der Waals surface area contributed by atoms with Crippen molar-refractivity contribution < 1.29 is 19.4 Å². The first-order valence-corrected chi connectivity index (χ1v) is 8.43. The molecule has 0 spiro atoms. The molecule has 2 aromatic heterocycles. The predicted molar refractivity (Wildman–Crippen MR) is 88.5 cm³/mol. The molecule has 1 aliphatic carbocycles. The van der Waals surface area contributed by atoms with Crippen LogP contribution in [0.2, 0.25) is 0 Å². The van der Waals surface area contributed by atoms with E-state index in [0.717, 1.165) is 29.6 Å². The third kappa shape index (κ3) is 2.76. The molecule has 0 bridgehead atoms. The monoisotopic (exact) mass is 344 g/mol. The molecule has 1 saturated carbocycles. The number of nitrogens with zero attached hydrogens (tertiary/aromatic N) is 4. The number of pyridine rings is 1. The lowest BCUT2D eigenvalue weighted by Gasteiger charge is -2.31. The molecule has 1 atom stereocenters. The van der Waals surface area contributed by atoms with Crippen LogP contribution in [-0.2, 0) is 16.6 Å². The van der Waals surface area contributed by atoms with Crippen LogP contribution >= 0.6 is 0 Å². The summed E-state index contributed by atoms with van der Waals surface area (Å²) in [5.41, 5.74) is 2.93. The lowest BCUT2D eigenvalue weighted by atomic mass is 10.1. The van der Waals surface area contributed by atoms with Gasteiger partial charge >= 0.3 is 5.97 Å². The van der Waals surface area contributed by atoms with E-state index in [-0.39, 0.29) is 19.1 Å². The van der Waals surface area contributed by atoms with E-state index in [1.165, 1.54) is 0 Å². The first-order valence-electron chi connectivity index (χ1n) is 8.43. The summed E-state index contributed by atoms with van der Waals surface area (Å²) in [6.07, 6.45) is 1.19. The minimum Gasteiger partial charge on any atom is -0.479 e. The summed E-state index contributed by atoms with van der Waals surface area (Å²) in [6.45, 7) is 2.51. The Balaban J connectivity index is 1.76. The Morgan fingerprint density at radius 1 is 1.36 bits per heavy atom. The van der Waals surface area contributed by atoms with Crippen LogP contribution in [0.5, 0.6) is 0 Å². The number of carbonyl (C=O) groups excluding carboxylic acids is 1. The zero-order chi connectivity index (χ0) is 17.7. The molecular weight excluding hydrogens is 324 g/mol. The van der Waals surface area contributed by atoms with E-state index in [9.17, 15) is 9.59 Å². The normalized spacial score (nSPS) is 20.9. The van der Waals surface area contributed by atoms with Gasteiger partial charge in [-0.15, -0.1) is 0 Å². The lowest BCUT2D eigenvalue weighted by molar-refractivity contribution is -0.154. The molecule has 4 rings (SSSR count). The molecule has 8 heteroatoms. The molecule has 3 heterocycles. The average Bonchev–Trinajstić information content (AvgIpc) is 3.41. The summed E-state index contributed by atoms with van der Waals surface area (Å²) in [5.74, 6) is -0.823. The average molecular weight is 344 g/mol. The lowest BCUT2D eigenvalue weighted by Crippen LogP contribution is -2.48. The molecule has 1 aliphatic heterocycles. The van der Waals surface area contributed by atoms with Gasteiger partial charge in [-0.3, -0.25) is 9.48 Å². The summed E-state index contributed by atoms with van der Waals surface area (Å²) in [4.78, 5) is 30.6. The number of rotatable bonds is 3. The van der Waals surface area contributed by atoms with E-state index in [4.69, 9.17) is 14.8 Å². The van der Waals surface area contributed by atoms with Gasteiger partial charge in [0.1, 0.15) is 0 Å². The van der Waals surface area contributed by atoms with E-state index in [2.05, 4.69) is 5.10 Å². The predicted octanol–water partition coefficient (Wildman–Crippen LogP) is 1.08. The zero-order valence-corrected chi connectivity index (χ0v) is 14.2. The summed E-state index contributed by atoms with van der Waals surface area (Å²) in [6, 6.07) is 1.86. The van der Waals surface area contributed by atoms with Gasteiger partial charge in [0.05, 0.1) is 29.8 Å². The minimum atomic E-state index is -1.05. The quantitative estimate of drug-likeness (QED) is 0.895. The van der Waals surface area contributed by atoms with Crippen molar-refractivity contribution in [1.82, 2.24) is 19.7 Å². The number of carboxylic acids is 1. The number of hydrogen-bond acceptors (Lipinski definition) is 5. The van der Waals surface area contributed by atoms with Crippen LogP contribution in [-0.4, -0.2) is 62.4 Å². The number of amides is 1. The van der Waals surface area contributed by atoms with Crippen molar-refractivity contribution in [2.75, 3.05) is 19.7 Å². The van der Waals surface area contributed by atoms with Gasteiger partial charge in [0.2, 0.25) is 0 Å². The maximum absolute atomic E-state index is 13.2. The maximum atomic E-state index is 13.2. The SMILES string of the molecule is Cc1nn(C)c2nc(C3CC3)cc(C(=O)N3CCOC(C(=O)O)C3)c12. The third-order valence-electron chi connectivity index (χ3n) is 4.84. The summed E-state index contributed by atoms with van der Waals surface area (Å²) >= 11 is 0. The van der Waals surface area contributed by atoms with E-state index in [1.807, 2.05) is 20.0 Å². The standard InChI is InChI=1S/C17H20N4O4/c1-9-14-11(16(22)21-5-6-25-13(8-21)17(23)24)7-12(10-3-4-10)18-15(14)20(2)19-9/h7,10,13H,3-6,8H2,1-2H3,(H,23,24). The third-order valence-corrected chi connectivity index (χ3v) is 4.84. The smallest absolute Gasteiger partial charge is 0.334 e. The molecule has 1 unspecified atom stereocenters. The molecule has 0 aromatic carbocycles. The second-order valence-electron chi connectivity index (χ2n) is 6.73. The second-order valence-corrected chi connectivity index (χ2v) is 6.73. The molecule has 2 aliphatic rings. The fourth-order valence-corrected chi connectivity index (χ4v) is 3.37. The van der Waals surface area contributed by atoms with Crippen molar-refractivity contribution >= 4 is 22.9 Å². The van der Waals surface area contributed by atoms with E-state index >= 15 is 0 Å². The maximum Gasteiger partial charge on any atom is 0.334 e. The Labute approximate surface area is 144 Å². The minimum absolute atomic E-state index is 0.0516. The first-order chi connectivity index (χ1) is 12.0. The molecule has 25 heavy (non-hydrogen) atoms. The Kier molecular flexibility index (Phi) is 3.72. The Morgan fingerprint density at radius 2 is 2.12 bits per heavy atom. The van der Waals surface area contributed by atoms with Crippen molar-refractivity contribution in [2.24, 2.45) is 7.05 Å². The number of hydrogen-bond donors (Lipinski definition) is 1. The van der Waals surface area contributed by atoms with Crippen LogP contribution in [0, 0.1) is 6.92 Å². The second kappa shape index (κ2) is 5.80. The number of aryl methyl sites for hydroxylation is 2. The number of ether oxygens (including phenoxy) is 1. The van der Waals surface area contributed by atoms with Gasteiger partial charge in [-0.05, 0) is 25.8 Å². The highest BCUT2D eigenvalue weighted by atomic mass is 16.5. The fraction of sp³-hybridized carbons (Fsp3) is 0.529. The van der Waals surface area contributed by atoms with Crippen molar-refractivity contribution in [3.63, 3.8) is 0 Å². The number of carbonyl (C=O) groups is 2. The van der Waals surface area contributed by atoms with Crippen molar-refractivity contribution in [1.29, 1.82) is 0 Å². The van der Waals surface area contributed by atoms with Crippen molar-refractivity contribution in [3.05, 3.63) is 23.0 Å². The van der Waals surface area contributed by atoms with Crippen LogP contribution in [0.4, 0.5) is 0 Å². The van der Waals surface area contributed by atoms with Gasteiger partial charge in [-0.25, -0.2) is 9.78 Å². The first kappa shape index (κ1) is 16.0. The van der Waals surface area contributed by atoms with Crippen LogP contribution < -0.4 is 0 Å². The Bertz CT molecular complexity index is 871. The highest BCUT2D eigenvalue weighted by Crippen LogP contribution is 2.40. The molecule has 8 nitrogen and oxygen atoms in total. The van der Waals surface area contributed by atoms with E-state index in [0.29, 0.717) is 23.7 Å². The summed E-state index contributed by atoms with van der Waals surface area (Å²) < 4.78 is 6.92. The molecular formula is C17H20N4O4. The molecule has 1 N–H and O–H groups in total. The van der Waals surface area contributed by atoms with Gasteiger partial charge in [0.15, 0.2) is 11.8 Å². The molecule has 0 radical (unpaired) electrons. The van der Waals surface area contributed by atoms with Crippen LogP contribution in [0.25, 0.3) is 11.0 Å². The largest absolute Gasteiger partial charge is 0.479 e. The summed E-state index contributed by atoms with van der Waals surface area (Å²) in [5, 5.41) is 14.3. The molecule has 1 saturated heterocycles. The van der Waals surface area contributed by atoms with E-state index in [1.54, 1.807) is 9.58 Å². The molecule has 2 fully saturated rings. The molecule has 2 aromatic rings. The Morgan fingerprint density at radius 3 is 2.80 bits per heavy atom. The van der Waals surface area contributed by atoms with Crippen molar-refractivity contribution in [2.45, 2.75) is 31.8 Å². The molecule has 132 valence electrons. The van der Waals surface area contributed by atoms with Crippen LogP contribution in [0.3, 0.4) is 0 Å². The number of morpholine rings is 1. The topological polar surface area (TPSA) is 97.5 Å². The van der Waals surface area contributed by atoms with Crippen LogP contribution in [0.15, 0.2) is 6.07 Å². The summed E-state index contributed by atoms with van der Waals surface area (Å²) in [7, 11) is 1.82. The van der Waals surface area contributed by atoms with Gasteiger partial charge in [0, 0.05) is 25.2 Å². The Hall–Kier alpha value is -2.48. The van der Waals surface area contributed by atoms with Crippen molar-refractivity contribution in [3.8, 4) is 0 Å². The van der Waals surface area contributed by atoms with Gasteiger partial charge in [0.25, 0.3) is 5.91 Å². The number of fused-ring (bicyclic) bond motifs is 1. The van der Waals surface area contributed by atoms with Crippen LogP contribution in [0.1, 0.15) is 40.5 Å². The zero-order valence-electron chi connectivity index (χ0n) is 14.2. The van der Waals surface area contributed by atoms with E-state index < -0.39 is 12.1 Å². The van der Waals surface area contributed by atoms with Gasteiger partial charge in [-0.1, -0.05) is 0 Å². The highest BCUT2D eigenvalue weighted by Gasteiger charge is 2.33. The highest BCUT2D eigenvalue weighted by molar-refractivity contribution is 6.06. The number of aliphatic carboxylic acids is 1. The molecule has 1 amide bonds. The fourth-order valence-electron chi connectivity index (χ4n) is 3.37. The number of carboxylic acid groups (broad SMARTS) is 1.